The Balaban J connectivity index is 1.38. The van der Waals surface area contributed by atoms with Gasteiger partial charge in [0.25, 0.3) is 5.71 Å². The molecule has 0 aliphatic carbocycles. The molecule has 1 fully saturated rings. The molecule has 3 aromatic rings. The molecule has 6 heteroatoms. The fourth-order valence-electron chi connectivity index (χ4n) is 3.81. The molecule has 1 saturated heterocycles. The topological polar surface area (TPSA) is 67.1 Å². The van der Waals surface area contributed by atoms with Crippen molar-refractivity contribution in [3.05, 3.63) is 47.4 Å². The SMILES string of the molecule is Cc1nc(NCCN2CCC[C@@H](c3ccccc3)C2)c2c(C)noc2n1. The van der Waals surface area contributed by atoms with E-state index in [2.05, 4.69) is 55.7 Å². The molecule has 1 aliphatic rings. The second-order valence-corrected chi connectivity index (χ2v) is 7.04. The first-order valence-electron chi connectivity index (χ1n) is 9.32. The van der Waals surface area contributed by atoms with Crippen molar-refractivity contribution in [1.82, 2.24) is 20.0 Å². The van der Waals surface area contributed by atoms with Crippen molar-refractivity contribution >= 4 is 16.9 Å². The van der Waals surface area contributed by atoms with E-state index in [0.29, 0.717) is 17.5 Å². The Morgan fingerprint density at radius 2 is 2.04 bits per heavy atom. The van der Waals surface area contributed by atoms with Gasteiger partial charge in [-0.05, 0) is 44.7 Å². The molecule has 0 bridgehead atoms. The lowest BCUT2D eigenvalue weighted by Crippen LogP contribution is -2.37. The number of fused-ring (bicyclic) bond motifs is 1. The van der Waals surface area contributed by atoms with Crippen molar-refractivity contribution in [2.45, 2.75) is 32.6 Å². The van der Waals surface area contributed by atoms with Crippen molar-refractivity contribution in [2.75, 3.05) is 31.5 Å². The van der Waals surface area contributed by atoms with E-state index < -0.39 is 0 Å². The molecule has 0 spiro atoms. The van der Waals surface area contributed by atoms with E-state index >= 15 is 0 Å². The van der Waals surface area contributed by atoms with Crippen molar-refractivity contribution in [3.8, 4) is 0 Å². The van der Waals surface area contributed by atoms with Gasteiger partial charge < -0.3 is 14.7 Å². The van der Waals surface area contributed by atoms with Gasteiger partial charge in [-0.15, -0.1) is 0 Å². The highest BCUT2D eigenvalue weighted by atomic mass is 16.5. The van der Waals surface area contributed by atoms with Crippen molar-refractivity contribution in [3.63, 3.8) is 0 Å². The van der Waals surface area contributed by atoms with Gasteiger partial charge >= 0.3 is 0 Å². The first-order chi connectivity index (χ1) is 12.7. The first-order valence-corrected chi connectivity index (χ1v) is 9.32. The van der Waals surface area contributed by atoms with Crippen molar-refractivity contribution in [1.29, 1.82) is 0 Å². The van der Waals surface area contributed by atoms with Gasteiger partial charge in [-0.25, -0.2) is 4.98 Å². The van der Waals surface area contributed by atoms with Gasteiger partial charge in [0.1, 0.15) is 17.0 Å². The molecule has 0 amide bonds. The molecule has 26 heavy (non-hydrogen) atoms. The van der Waals surface area contributed by atoms with Gasteiger partial charge in [0.05, 0.1) is 5.69 Å². The number of benzene rings is 1. The smallest absolute Gasteiger partial charge is 0.263 e. The highest BCUT2D eigenvalue weighted by Gasteiger charge is 2.21. The lowest BCUT2D eigenvalue weighted by molar-refractivity contribution is 0.215. The average molecular weight is 351 g/mol. The standard InChI is InChI=1S/C20H25N5O/c1-14-18-19(22-15(2)23-20(18)26-24-14)21-10-12-25-11-6-9-17(13-25)16-7-4-3-5-8-16/h3-5,7-8,17H,6,9-13H2,1-2H3,(H,21,22,23)/t17-/m1/s1. The van der Waals surface area contributed by atoms with Gasteiger partial charge in [-0.1, -0.05) is 35.5 Å². The van der Waals surface area contributed by atoms with Crippen LogP contribution in [0.4, 0.5) is 5.82 Å². The third-order valence-electron chi connectivity index (χ3n) is 5.12. The molecule has 6 nitrogen and oxygen atoms in total. The summed E-state index contributed by atoms with van der Waals surface area (Å²) in [6.45, 7) is 7.92. The zero-order chi connectivity index (χ0) is 17.9. The summed E-state index contributed by atoms with van der Waals surface area (Å²) in [7, 11) is 0. The summed E-state index contributed by atoms with van der Waals surface area (Å²) in [6, 6.07) is 10.9. The minimum Gasteiger partial charge on any atom is -0.368 e. The van der Waals surface area contributed by atoms with Gasteiger partial charge in [-0.3, -0.25) is 0 Å². The highest BCUT2D eigenvalue weighted by molar-refractivity contribution is 5.87. The Labute approximate surface area is 153 Å². The zero-order valence-corrected chi connectivity index (χ0v) is 15.4. The third kappa shape index (κ3) is 3.55. The van der Waals surface area contributed by atoms with E-state index in [1.807, 2.05) is 13.8 Å². The Kier molecular flexibility index (Phi) is 4.84. The fraction of sp³-hybridized carbons (Fsp3) is 0.450. The summed E-state index contributed by atoms with van der Waals surface area (Å²) < 4.78 is 5.28. The number of rotatable bonds is 5. The highest BCUT2D eigenvalue weighted by Crippen LogP contribution is 2.27. The lowest BCUT2D eigenvalue weighted by atomic mass is 9.91. The van der Waals surface area contributed by atoms with Gasteiger partial charge in [0.15, 0.2) is 0 Å². The summed E-state index contributed by atoms with van der Waals surface area (Å²) in [5.41, 5.74) is 2.84. The molecule has 0 radical (unpaired) electrons. The Bertz CT molecular complexity index is 877. The van der Waals surface area contributed by atoms with E-state index in [9.17, 15) is 0 Å². The molecule has 4 rings (SSSR count). The molecular formula is C20H25N5O. The minimum absolute atomic E-state index is 0.555. The third-order valence-corrected chi connectivity index (χ3v) is 5.12. The second kappa shape index (κ2) is 7.41. The van der Waals surface area contributed by atoms with Gasteiger partial charge in [0.2, 0.25) is 0 Å². The molecule has 136 valence electrons. The van der Waals surface area contributed by atoms with E-state index in [0.717, 1.165) is 43.1 Å². The number of piperidine rings is 1. The summed E-state index contributed by atoms with van der Waals surface area (Å²) in [4.78, 5) is 11.4. The first kappa shape index (κ1) is 17.0. The maximum atomic E-state index is 5.28. The van der Waals surface area contributed by atoms with Crippen LogP contribution >= 0.6 is 0 Å². The Morgan fingerprint density at radius 1 is 1.19 bits per heavy atom. The van der Waals surface area contributed by atoms with Crippen LogP contribution in [0, 0.1) is 13.8 Å². The quantitative estimate of drug-likeness (QED) is 0.758. The monoisotopic (exact) mass is 351 g/mol. The van der Waals surface area contributed by atoms with E-state index in [1.165, 1.54) is 18.4 Å². The molecule has 1 N–H and O–H groups in total. The number of anilines is 1. The average Bonchev–Trinajstić information content (AvgIpc) is 3.03. The largest absolute Gasteiger partial charge is 0.368 e. The van der Waals surface area contributed by atoms with Crippen LogP contribution in [0.3, 0.4) is 0 Å². The molecule has 0 saturated carbocycles. The maximum Gasteiger partial charge on any atom is 0.263 e. The number of aromatic nitrogens is 3. The van der Waals surface area contributed by atoms with Crippen molar-refractivity contribution in [2.24, 2.45) is 0 Å². The number of likely N-dealkylation sites (tertiary alicyclic amines) is 1. The summed E-state index contributed by atoms with van der Waals surface area (Å²) in [5, 5.41) is 8.36. The minimum atomic E-state index is 0.555. The molecule has 1 aromatic carbocycles. The van der Waals surface area contributed by atoms with E-state index in [-0.39, 0.29) is 0 Å². The van der Waals surface area contributed by atoms with Crippen LogP contribution in [0.15, 0.2) is 34.9 Å². The predicted molar refractivity (Wildman–Crippen MR) is 102 cm³/mol. The zero-order valence-electron chi connectivity index (χ0n) is 15.4. The summed E-state index contributed by atoms with van der Waals surface area (Å²) in [6.07, 6.45) is 2.53. The second-order valence-electron chi connectivity index (χ2n) is 7.04. The van der Waals surface area contributed by atoms with E-state index in [4.69, 9.17) is 4.52 Å². The number of nitrogens with zero attached hydrogens (tertiary/aromatic N) is 4. The molecule has 3 heterocycles. The maximum absolute atomic E-state index is 5.28. The lowest BCUT2D eigenvalue weighted by Gasteiger charge is -2.33. The number of hydrogen-bond acceptors (Lipinski definition) is 6. The molecular weight excluding hydrogens is 326 g/mol. The number of nitrogens with one attached hydrogen (secondary N) is 1. The normalized spacial score (nSPS) is 18.3. The van der Waals surface area contributed by atoms with Crippen molar-refractivity contribution < 1.29 is 4.52 Å². The molecule has 0 unspecified atom stereocenters. The van der Waals surface area contributed by atoms with Gasteiger partial charge in [-0.2, -0.15) is 4.98 Å². The van der Waals surface area contributed by atoms with Crippen LogP contribution in [0.2, 0.25) is 0 Å². The van der Waals surface area contributed by atoms with Gasteiger partial charge in [0, 0.05) is 19.6 Å². The molecule has 1 atom stereocenters. The summed E-state index contributed by atoms with van der Waals surface area (Å²) >= 11 is 0. The van der Waals surface area contributed by atoms with Crippen LogP contribution < -0.4 is 5.32 Å². The van der Waals surface area contributed by atoms with Crippen LogP contribution in [-0.4, -0.2) is 46.2 Å². The number of aryl methyl sites for hydroxylation is 2. The van der Waals surface area contributed by atoms with Crippen LogP contribution in [0.5, 0.6) is 0 Å². The molecule has 1 aliphatic heterocycles. The van der Waals surface area contributed by atoms with E-state index in [1.54, 1.807) is 0 Å². The Morgan fingerprint density at radius 3 is 2.88 bits per heavy atom. The fourth-order valence-corrected chi connectivity index (χ4v) is 3.81. The van der Waals surface area contributed by atoms with Crippen LogP contribution in [0.1, 0.15) is 35.8 Å². The number of hydrogen-bond donors (Lipinski definition) is 1. The van der Waals surface area contributed by atoms with Crippen LogP contribution in [0.25, 0.3) is 11.1 Å². The Hall–Kier alpha value is -2.47. The predicted octanol–water partition coefficient (Wildman–Crippen LogP) is 3.53. The summed E-state index contributed by atoms with van der Waals surface area (Å²) in [5.74, 6) is 2.15. The molecule has 2 aromatic heterocycles. The van der Waals surface area contributed by atoms with Crippen LogP contribution in [-0.2, 0) is 0 Å².